The second-order valence-electron chi connectivity index (χ2n) is 8.89. The van der Waals surface area contributed by atoms with Crippen molar-refractivity contribution in [2.24, 2.45) is 23.3 Å². The summed E-state index contributed by atoms with van der Waals surface area (Å²) in [5.41, 5.74) is 12.9. The first kappa shape index (κ1) is 27.9. The largest absolute Gasteiger partial charge is 0.395 e. The van der Waals surface area contributed by atoms with Crippen LogP contribution in [-0.2, 0) is 28.8 Å². The average molecular weight is 492 g/mol. The lowest BCUT2D eigenvalue weighted by atomic mass is 10.0. The van der Waals surface area contributed by atoms with Crippen molar-refractivity contribution in [1.29, 1.82) is 0 Å². The Bertz CT molecular complexity index is 929. The predicted molar refractivity (Wildman–Crippen MR) is 123 cm³/mol. The summed E-state index contributed by atoms with van der Waals surface area (Å²) >= 11 is 0. The maximum atomic E-state index is 13.0. The molecule has 6 unspecified atom stereocenters. The number of aliphatic hydroxyl groups is 1. The van der Waals surface area contributed by atoms with E-state index in [1.54, 1.807) is 0 Å². The van der Waals surface area contributed by atoms with E-state index in [1.165, 1.54) is 13.0 Å². The molecular formula is C23H33N5O7. The van der Waals surface area contributed by atoms with Crippen LogP contribution in [0.1, 0.15) is 39.0 Å². The van der Waals surface area contributed by atoms with Crippen LogP contribution in [0.5, 0.6) is 0 Å². The first-order valence-corrected chi connectivity index (χ1v) is 11.5. The minimum Gasteiger partial charge on any atom is -0.395 e. The molecule has 6 atom stereocenters. The fourth-order valence-corrected chi connectivity index (χ4v) is 4.56. The Labute approximate surface area is 203 Å². The minimum absolute atomic E-state index is 0.0464. The SMILES string of the molecule is C=C=CC(CO)C(=O)NC(CC(N)=O)C(=O)NC(CCC(N)=O)C1C(=O)C1N1CCCC1C(C)=O. The van der Waals surface area contributed by atoms with Gasteiger partial charge in [-0.1, -0.05) is 6.58 Å². The van der Waals surface area contributed by atoms with Gasteiger partial charge in [-0.2, -0.15) is 0 Å². The Morgan fingerprint density at radius 1 is 1.20 bits per heavy atom. The maximum Gasteiger partial charge on any atom is 0.243 e. The molecule has 1 saturated heterocycles. The predicted octanol–water partition coefficient (Wildman–Crippen LogP) is -2.33. The van der Waals surface area contributed by atoms with Crippen LogP contribution in [0, 0.1) is 11.8 Å². The molecule has 1 saturated carbocycles. The molecule has 1 heterocycles. The van der Waals surface area contributed by atoms with Crippen molar-refractivity contribution in [3.05, 3.63) is 18.4 Å². The van der Waals surface area contributed by atoms with E-state index >= 15 is 0 Å². The van der Waals surface area contributed by atoms with E-state index < -0.39 is 66.6 Å². The Hall–Kier alpha value is -3.34. The molecule has 4 amide bonds. The third kappa shape index (κ3) is 7.32. The van der Waals surface area contributed by atoms with Crippen LogP contribution < -0.4 is 22.1 Å². The van der Waals surface area contributed by atoms with Gasteiger partial charge in [-0.25, -0.2) is 0 Å². The number of rotatable bonds is 14. The van der Waals surface area contributed by atoms with Gasteiger partial charge in [0.1, 0.15) is 11.8 Å². The van der Waals surface area contributed by atoms with Crippen molar-refractivity contribution in [1.82, 2.24) is 15.5 Å². The lowest BCUT2D eigenvalue weighted by molar-refractivity contribution is -0.133. The van der Waals surface area contributed by atoms with E-state index in [0.717, 1.165) is 6.42 Å². The summed E-state index contributed by atoms with van der Waals surface area (Å²) in [6, 6.07) is -3.15. The van der Waals surface area contributed by atoms with Crippen molar-refractivity contribution in [3.63, 3.8) is 0 Å². The van der Waals surface area contributed by atoms with E-state index in [0.29, 0.717) is 13.0 Å². The molecule has 0 aromatic heterocycles. The highest BCUT2D eigenvalue weighted by Crippen LogP contribution is 2.40. The van der Waals surface area contributed by atoms with Gasteiger partial charge in [0.2, 0.25) is 23.6 Å². The second-order valence-corrected chi connectivity index (χ2v) is 8.89. The van der Waals surface area contributed by atoms with Gasteiger partial charge in [-0.05, 0) is 38.8 Å². The zero-order valence-electron chi connectivity index (χ0n) is 19.7. The summed E-state index contributed by atoms with van der Waals surface area (Å²) < 4.78 is 0. The first-order chi connectivity index (χ1) is 16.5. The molecule has 2 rings (SSSR count). The van der Waals surface area contributed by atoms with Crippen LogP contribution in [0.25, 0.3) is 0 Å². The lowest BCUT2D eigenvalue weighted by Gasteiger charge is -2.25. The number of carbonyl (C=O) groups excluding carboxylic acids is 6. The lowest BCUT2D eigenvalue weighted by Crippen LogP contribution is -2.53. The standard InChI is InChI=1S/C23H33N5O7/c1-3-5-13(11-29)22(34)27-15(10-18(25)32)23(35)26-14(7-8-17(24)31)19-20(21(19)33)28-9-4-6-16(28)12(2)30/h5,13-16,19-20,29H,1,4,6-11H2,2H3,(H2,24,31)(H2,25,32)(H,26,35)(H,27,34). The van der Waals surface area contributed by atoms with Gasteiger partial charge in [0, 0.05) is 12.5 Å². The quantitative estimate of drug-likeness (QED) is 0.166. The van der Waals surface area contributed by atoms with E-state index in [-0.39, 0.29) is 30.4 Å². The van der Waals surface area contributed by atoms with Crippen LogP contribution in [0.3, 0.4) is 0 Å². The smallest absolute Gasteiger partial charge is 0.243 e. The number of likely N-dealkylation sites (tertiary alicyclic amines) is 1. The number of Topliss-reactive ketones (excluding diaryl/α,β-unsaturated/α-hetero) is 2. The van der Waals surface area contributed by atoms with E-state index in [4.69, 9.17) is 11.5 Å². The molecule has 0 aromatic carbocycles. The summed E-state index contributed by atoms with van der Waals surface area (Å²) in [7, 11) is 0. The average Bonchev–Trinajstić information content (AvgIpc) is 3.19. The molecule has 12 heteroatoms. The molecule has 2 fully saturated rings. The van der Waals surface area contributed by atoms with Gasteiger partial charge >= 0.3 is 0 Å². The van der Waals surface area contributed by atoms with Gasteiger partial charge in [0.15, 0.2) is 5.78 Å². The highest BCUT2D eigenvalue weighted by Gasteiger charge is 2.59. The normalized spacial score (nSPS) is 23.9. The summed E-state index contributed by atoms with van der Waals surface area (Å²) in [6.07, 6.45) is 2.03. The number of nitrogens with two attached hydrogens (primary N) is 2. The van der Waals surface area contributed by atoms with Gasteiger partial charge in [-0.3, -0.25) is 33.7 Å². The van der Waals surface area contributed by atoms with Crippen molar-refractivity contribution < 1.29 is 33.9 Å². The van der Waals surface area contributed by atoms with Crippen molar-refractivity contribution in [2.75, 3.05) is 13.2 Å². The molecule has 0 spiro atoms. The Kier molecular flexibility index (Phi) is 9.88. The molecule has 192 valence electrons. The topological polar surface area (TPSA) is 202 Å². The van der Waals surface area contributed by atoms with Crippen LogP contribution >= 0.6 is 0 Å². The van der Waals surface area contributed by atoms with Crippen LogP contribution in [-0.4, -0.2) is 82.5 Å². The molecule has 35 heavy (non-hydrogen) atoms. The van der Waals surface area contributed by atoms with E-state index in [9.17, 15) is 33.9 Å². The van der Waals surface area contributed by atoms with E-state index in [1.807, 2.05) is 4.90 Å². The maximum absolute atomic E-state index is 13.0. The number of primary amides is 2. The van der Waals surface area contributed by atoms with E-state index in [2.05, 4.69) is 22.9 Å². The first-order valence-electron chi connectivity index (χ1n) is 11.5. The number of amides is 4. The van der Waals surface area contributed by atoms with Gasteiger partial charge < -0.3 is 27.2 Å². The number of hydrogen-bond donors (Lipinski definition) is 5. The van der Waals surface area contributed by atoms with Gasteiger partial charge in [0.05, 0.1) is 36.9 Å². The van der Waals surface area contributed by atoms with Crippen LogP contribution in [0.4, 0.5) is 0 Å². The number of nitrogens with one attached hydrogen (secondary N) is 2. The molecular weight excluding hydrogens is 458 g/mol. The number of aliphatic hydroxyl groups excluding tert-OH is 1. The molecule has 7 N–H and O–H groups in total. The molecule has 1 aliphatic heterocycles. The number of nitrogens with zero attached hydrogens (tertiary/aromatic N) is 1. The third-order valence-corrected chi connectivity index (χ3v) is 6.33. The Morgan fingerprint density at radius 2 is 1.89 bits per heavy atom. The van der Waals surface area contributed by atoms with Crippen LogP contribution in [0.2, 0.25) is 0 Å². The van der Waals surface area contributed by atoms with Gasteiger partial charge in [0.25, 0.3) is 0 Å². The zero-order valence-corrected chi connectivity index (χ0v) is 19.7. The highest BCUT2D eigenvalue weighted by molar-refractivity contribution is 6.05. The molecule has 0 bridgehead atoms. The fourth-order valence-electron chi connectivity index (χ4n) is 4.56. The molecule has 12 nitrogen and oxygen atoms in total. The summed E-state index contributed by atoms with van der Waals surface area (Å²) in [5.74, 6) is -4.95. The van der Waals surface area contributed by atoms with Crippen molar-refractivity contribution in [2.45, 2.75) is 63.2 Å². The number of ketones is 2. The van der Waals surface area contributed by atoms with Crippen molar-refractivity contribution in [3.8, 4) is 0 Å². The Balaban J connectivity index is 2.20. The monoisotopic (exact) mass is 491 g/mol. The summed E-state index contributed by atoms with van der Waals surface area (Å²) in [6.45, 7) is 4.79. The number of hydrogen-bond acceptors (Lipinski definition) is 8. The summed E-state index contributed by atoms with van der Waals surface area (Å²) in [5, 5.41) is 14.4. The fraction of sp³-hybridized carbons (Fsp3) is 0.609. The molecule has 2 aliphatic rings. The second kappa shape index (κ2) is 12.4. The zero-order chi connectivity index (χ0) is 26.3. The Morgan fingerprint density at radius 3 is 2.43 bits per heavy atom. The molecule has 1 aliphatic carbocycles. The summed E-state index contributed by atoms with van der Waals surface area (Å²) in [4.78, 5) is 75.0. The highest BCUT2D eigenvalue weighted by atomic mass is 16.3. The van der Waals surface area contributed by atoms with Crippen molar-refractivity contribution >= 4 is 35.2 Å². The number of carbonyl (C=O) groups is 6. The van der Waals surface area contributed by atoms with Gasteiger partial charge in [-0.15, -0.1) is 5.73 Å². The third-order valence-electron chi connectivity index (χ3n) is 6.33. The minimum atomic E-state index is -1.38. The molecule has 0 aromatic rings. The van der Waals surface area contributed by atoms with Crippen LogP contribution in [0.15, 0.2) is 18.4 Å². The molecule has 0 radical (unpaired) electrons.